The van der Waals surface area contributed by atoms with Crippen molar-refractivity contribution >= 4 is 29.3 Å². The smallest absolute Gasteiger partial charge is 0.412 e. The second kappa shape index (κ2) is 10.5. The van der Waals surface area contributed by atoms with Crippen LogP contribution in [0.4, 0.5) is 16.2 Å². The number of benzene rings is 2. The van der Waals surface area contributed by atoms with Crippen molar-refractivity contribution in [3.63, 3.8) is 0 Å². The van der Waals surface area contributed by atoms with E-state index in [0.717, 1.165) is 0 Å². The molecule has 0 radical (unpaired) electrons. The van der Waals surface area contributed by atoms with Gasteiger partial charge in [-0.1, -0.05) is 6.07 Å². The minimum absolute atomic E-state index is 0.189. The largest absolute Gasteiger partial charge is 0.494 e. The highest BCUT2D eigenvalue weighted by Gasteiger charge is 2.20. The molecule has 0 bridgehead atoms. The molecular weight excluding hydrogens is 400 g/mol. The van der Waals surface area contributed by atoms with E-state index in [1.54, 1.807) is 57.2 Å². The maximum absolute atomic E-state index is 12.4. The Morgan fingerprint density at radius 1 is 0.968 bits per heavy atom. The Balaban J connectivity index is 1.94. The van der Waals surface area contributed by atoms with Crippen LogP contribution in [0.3, 0.4) is 0 Å². The van der Waals surface area contributed by atoms with E-state index in [2.05, 4.69) is 10.6 Å². The van der Waals surface area contributed by atoms with Crippen LogP contribution < -0.4 is 15.4 Å². The van der Waals surface area contributed by atoms with Gasteiger partial charge in [0.2, 0.25) is 0 Å². The summed E-state index contributed by atoms with van der Waals surface area (Å²) in [6, 6.07) is 13.0. The number of carbonyl (C=O) groups is 3. The van der Waals surface area contributed by atoms with E-state index in [9.17, 15) is 14.4 Å². The molecule has 0 saturated carbocycles. The number of hydrogen-bond donors (Lipinski definition) is 2. The maximum Gasteiger partial charge on any atom is 0.412 e. The molecule has 8 nitrogen and oxygen atoms in total. The summed E-state index contributed by atoms with van der Waals surface area (Å²) in [5.41, 5.74) is 0.469. The first-order valence-corrected chi connectivity index (χ1v) is 9.92. The van der Waals surface area contributed by atoms with E-state index >= 15 is 0 Å². The minimum Gasteiger partial charge on any atom is -0.494 e. The molecule has 0 fully saturated rings. The Labute approximate surface area is 181 Å². The molecule has 2 aromatic rings. The summed E-state index contributed by atoms with van der Waals surface area (Å²) in [6.07, 6.45) is -1.66. The lowest BCUT2D eigenvalue weighted by atomic mass is 10.2. The third kappa shape index (κ3) is 8.00. The summed E-state index contributed by atoms with van der Waals surface area (Å²) in [5.74, 6) is -0.470. The van der Waals surface area contributed by atoms with Gasteiger partial charge in [-0.2, -0.15) is 0 Å². The predicted molar refractivity (Wildman–Crippen MR) is 117 cm³/mol. The molecule has 2 amide bonds. The lowest BCUT2D eigenvalue weighted by Gasteiger charge is -2.19. The Hall–Kier alpha value is -3.55. The van der Waals surface area contributed by atoms with Crippen molar-refractivity contribution < 1.29 is 28.6 Å². The molecule has 0 aliphatic heterocycles. The highest BCUT2D eigenvalue weighted by atomic mass is 16.6. The fourth-order valence-electron chi connectivity index (χ4n) is 2.47. The minimum atomic E-state index is -1.03. The number of rotatable bonds is 7. The zero-order chi connectivity index (χ0) is 23.0. The van der Waals surface area contributed by atoms with Crippen molar-refractivity contribution in [1.82, 2.24) is 0 Å². The van der Waals surface area contributed by atoms with Crippen LogP contribution in [0.1, 0.15) is 45.0 Å². The predicted octanol–water partition coefficient (Wildman–Crippen LogP) is 4.62. The highest BCUT2D eigenvalue weighted by molar-refractivity contribution is 5.98. The van der Waals surface area contributed by atoms with E-state index in [0.29, 0.717) is 23.7 Å². The fourth-order valence-corrected chi connectivity index (χ4v) is 2.47. The van der Waals surface area contributed by atoms with E-state index in [-0.39, 0.29) is 5.56 Å². The number of amides is 2. The van der Waals surface area contributed by atoms with E-state index in [1.165, 1.54) is 19.1 Å². The van der Waals surface area contributed by atoms with Crippen LogP contribution in [-0.4, -0.2) is 36.3 Å². The molecule has 166 valence electrons. The Kier molecular flexibility index (Phi) is 8.01. The first-order chi connectivity index (χ1) is 14.6. The molecule has 0 saturated heterocycles. The first kappa shape index (κ1) is 23.7. The number of hydrogen-bond acceptors (Lipinski definition) is 6. The maximum atomic E-state index is 12.4. The average Bonchev–Trinajstić information content (AvgIpc) is 2.68. The number of carbonyl (C=O) groups excluding carboxylic acids is 3. The first-order valence-electron chi connectivity index (χ1n) is 9.92. The van der Waals surface area contributed by atoms with Crippen LogP contribution in [-0.2, 0) is 14.3 Å². The van der Waals surface area contributed by atoms with E-state index in [1.807, 2.05) is 6.92 Å². The van der Waals surface area contributed by atoms with Crippen LogP contribution in [0, 0.1) is 0 Å². The van der Waals surface area contributed by atoms with Gasteiger partial charge in [0.05, 0.1) is 12.2 Å². The molecule has 31 heavy (non-hydrogen) atoms. The lowest BCUT2D eigenvalue weighted by molar-refractivity contribution is -0.123. The van der Waals surface area contributed by atoms with Crippen molar-refractivity contribution in [2.24, 2.45) is 0 Å². The van der Waals surface area contributed by atoms with Gasteiger partial charge in [-0.3, -0.25) is 10.1 Å². The van der Waals surface area contributed by atoms with Gasteiger partial charge in [0.15, 0.2) is 6.10 Å². The summed E-state index contributed by atoms with van der Waals surface area (Å²) in [7, 11) is 0. The third-order valence-corrected chi connectivity index (χ3v) is 3.83. The molecule has 0 spiro atoms. The number of anilines is 2. The fraction of sp³-hybridized carbons (Fsp3) is 0.348. The Morgan fingerprint density at radius 3 is 2.26 bits per heavy atom. The van der Waals surface area contributed by atoms with Gasteiger partial charge in [-0.15, -0.1) is 0 Å². The molecule has 1 atom stereocenters. The van der Waals surface area contributed by atoms with Crippen LogP contribution in [0.15, 0.2) is 48.5 Å². The van der Waals surface area contributed by atoms with E-state index in [4.69, 9.17) is 14.2 Å². The number of nitrogens with one attached hydrogen (secondary N) is 2. The van der Waals surface area contributed by atoms with Gasteiger partial charge < -0.3 is 19.5 Å². The van der Waals surface area contributed by atoms with Crippen molar-refractivity contribution in [3.8, 4) is 5.75 Å². The van der Waals surface area contributed by atoms with E-state index < -0.39 is 29.7 Å². The topological polar surface area (TPSA) is 103 Å². The number of ether oxygens (including phenoxy) is 3. The highest BCUT2D eigenvalue weighted by Crippen LogP contribution is 2.17. The summed E-state index contributed by atoms with van der Waals surface area (Å²) in [5, 5.41) is 5.24. The molecule has 2 N–H and O–H groups in total. The van der Waals surface area contributed by atoms with Crippen molar-refractivity contribution in [1.29, 1.82) is 0 Å². The van der Waals surface area contributed by atoms with Gasteiger partial charge in [0.25, 0.3) is 5.91 Å². The molecule has 0 aromatic heterocycles. The summed E-state index contributed by atoms with van der Waals surface area (Å²) in [6.45, 7) is 9.16. The normalized spacial score (nSPS) is 11.8. The number of esters is 1. The molecule has 0 heterocycles. The van der Waals surface area contributed by atoms with Crippen LogP contribution in [0.25, 0.3) is 0 Å². The molecule has 2 rings (SSSR count). The van der Waals surface area contributed by atoms with Gasteiger partial charge in [0, 0.05) is 11.4 Å². The molecule has 8 heteroatoms. The lowest BCUT2D eigenvalue weighted by Crippen LogP contribution is -2.30. The monoisotopic (exact) mass is 428 g/mol. The second-order valence-electron chi connectivity index (χ2n) is 7.70. The Morgan fingerprint density at radius 2 is 1.65 bits per heavy atom. The quantitative estimate of drug-likeness (QED) is 0.624. The summed E-state index contributed by atoms with van der Waals surface area (Å²) in [4.78, 5) is 36.7. The van der Waals surface area contributed by atoms with Crippen molar-refractivity contribution in [2.45, 2.75) is 46.3 Å². The second-order valence-corrected chi connectivity index (χ2v) is 7.70. The van der Waals surface area contributed by atoms with Gasteiger partial charge in [-0.05, 0) is 77.1 Å². The Bertz CT molecular complexity index is 918. The average molecular weight is 428 g/mol. The van der Waals surface area contributed by atoms with Crippen LogP contribution >= 0.6 is 0 Å². The van der Waals surface area contributed by atoms with Crippen molar-refractivity contribution in [2.75, 3.05) is 17.2 Å². The van der Waals surface area contributed by atoms with Gasteiger partial charge in [-0.25, -0.2) is 9.59 Å². The molecule has 0 aliphatic rings. The molecule has 1 unspecified atom stereocenters. The summed E-state index contributed by atoms with van der Waals surface area (Å²) < 4.78 is 15.8. The molecular formula is C23H28N2O6. The van der Waals surface area contributed by atoms with Gasteiger partial charge >= 0.3 is 12.1 Å². The standard InChI is InChI=1S/C23H28N2O6/c1-6-29-19-12-10-17(11-13-19)24-20(26)15(2)30-21(27)16-8-7-9-18(14-16)25-22(28)31-23(3,4)5/h7-15H,6H2,1-5H3,(H,24,26)(H,25,28). The van der Waals surface area contributed by atoms with Gasteiger partial charge in [0.1, 0.15) is 11.4 Å². The van der Waals surface area contributed by atoms with Crippen LogP contribution in [0.5, 0.6) is 5.75 Å². The third-order valence-electron chi connectivity index (χ3n) is 3.83. The van der Waals surface area contributed by atoms with Crippen LogP contribution in [0.2, 0.25) is 0 Å². The molecule has 2 aromatic carbocycles. The SMILES string of the molecule is CCOc1ccc(NC(=O)C(C)OC(=O)c2cccc(NC(=O)OC(C)(C)C)c2)cc1. The molecule has 0 aliphatic carbocycles. The van der Waals surface area contributed by atoms with Crippen molar-refractivity contribution in [3.05, 3.63) is 54.1 Å². The summed E-state index contributed by atoms with van der Waals surface area (Å²) >= 11 is 0. The zero-order valence-electron chi connectivity index (χ0n) is 18.4. The zero-order valence-corrected chi connectivity index (χ0v) is 18.4.